The van der Waals surface area contributed by atoms with Gasteiger partial charge in [0.1, 0.15) is 11.5 Å². The fourth-order valence-corrected chi connectivity index (χ4v) is 1.25. The second-order valence-corrected chi connectivity index (χ2v) is 3.55. The van der Waals surface area contributed by atoms with E-state index < -0.39 is 0 Å². The molecule has 2 heterocycles. The van der Waals surface area contributed by atoms with Gasteiger partial charge in [-0.05, 0) is 31.5 Å². The minimum absolute atomic E-state index is 0. The van der Waals surface area contributed by atoms with Crippen LogP contribution in [0.4, 0.5) is 0 Å². The Balaban J connectivity index is 0.00000128. The number of rotatable bonds is 2. The molecule has 1 unspecified atom stereocenters. The minimum atomic E-state index is -0.143. The van der Waals surface area contributed by atoms with Crippen molar-refractivity contribution in [3.05, 3.63) is 29.7 Å². The second kappa shape index (κ2) is 5.05. The molecule has 0 bridgehead atoms. The smallest absolute Gasteiger partial charge is 0.199 e. The van der Waals surface area contributed by atoms with Crippen LogP contribution < -0.4 is 5.73 Å². The number of aromatic amines is 1. The molecule has 6 heteroatoms. The van der Waals surface area contributed by atoms with E-state index in [9.17, 15) is 0 Å². The Morgan fingerprint density at radius 1 is 1.44 bits per heavy atom. The first kappa shape index (κ1) is 12.6. The third-order valence-corrected chi connectivity index (χ3v) is 2.08. The van der Waals surface area contributed by atoms with Crippen LogP contribution >= 0.6 is 12.4 Å². The maximum Gasteiger partial charge on any atom is 0.199 e. The number of nitrogens with zero attached hydrogens (tertiary/aromatic N) is 3. The summed E-state index contributed by atoms with van der Waals surface area (Å²) < 4.78 is 0. The van der Waals surface area contributed by atoms with Gasteiger partial charge in [0.05, 0.1) is 6.04 Å². The van der Waals surface area contributed by atoms with E-state index in [2.05, 4.69) is 20.2 Å². The zero-order chi connectivity index (χ0) is 10.8. The van der Waals surface area contributed by atoms with Crippen molar-refractivity contribution in [2.45, 2.75) is 19.9 Å². The van der Waals surface area contributed by atoms with E-state index in [1.807, 2.05) is 26.0 Å². The van der Waals surface area contributed by atoms with Crippen molar-refractivity contribution in [2.75, 3.05) is 0 Å². The lowest BCUT2D eigenvalue weighted by atomic mass is 10.2. The summed E-state index contributed by atoms with van der Waals surface area (Å²) in [6, 6.07) is 3.73. The number of H-pyrrole nitrogens is 1. The van der Waals surface area contributed by atoms with Gasteiger partial charge in [-0.3, -0.25) is 10.1 Å². The molecule has 0 aliphatic carbocycles. The van der Waals surface area contributed by atoms with E-state index in [0.29, 0.717) is 11.6 Å². The van der Waals surface area contributed by atoms with Crippen LogP contribution in [0.2, 0.25) is 0 Å². The lowest BCUT2D eigenvalue weighted by molar-refractivity contribution is 0.745. The number of pyridine rings is 1. The molecule has 2 rings (SSSR count). The molecule has 0 amide bonds. The van der Waals surface area contributed by atoms with Crippen molar-refractivity contribution in [2.24, 2.45) is 5.73 Å². The van der Waals surface area contributed by atoms with E-state index in [1.165, 1.54) is 0 Å². The van der Waals surface area contributed by atoms with Gasteiger partial charge in [-0.2, -0.15) is 5.10 Å². The maximum absolute atomic E-state index is 5.68. The van der Waals surface area contributed by atoms with E-state index in [1.54, 1.807) is 6.20 Å². The van der Waals surface area contributed by atoms with Crippen LogP contribution in [0.25, 0.3) is 11.5 Å². The van der Waals surface area contributed by atoms with E-state index in [-0.39, 0.29) is 18.4 Å². The minimum Gasteiger partial charge on any atom is -0.322 e. The number of hydrogen-bond donors (Lipinski definition) is 2. The summed E-state index contributed by atoms with van der Waals surface area (Å²) in [6.45, 7) is 3.86. The lowest BCUT2D eigenvalue weighted by Gasteiger charge is -1.97. The Morgan fingerprint density at radius 2 is 2.19 bits per heavy atom. The molecule has 0 radical (unpaired) electrons. The number of aromatic nitrogens is 4. The Kier molecular flexibility index (Phi) is 3.98. The highest BCUT2D eigenvalue weighted by Crippen LogP contribution is 2.14. The van der Waals surface area contributed by atoms with Gasteiger partial charge < -0.3 is 5.73 Å². The predicted octanol–water partition coefficient (Wildman–Crippen LogP) is 1.62. The normalized spacial score (nSPS) is 11.9. The molecule has 1 atom stereocenters. The molecule has 0 aromatic carbocycles. The average Bonchev–Trinajstić information content (AvgIpc) is 2.66. The van der Waals surface area contributed by atoms with Crippen molar-refractivity contribution >= 4 is 12.4 Å². The fraction of sp³-hybridized carbons (Fsp3) is 0.300. The topological polar surface area (TPSA) is 80.5 Å². The van der Waals surface area contributed by atoms with Gasteiger partial charge in [-0.25, -0.2) is 4.98 Å². The first-order valence-corrected chi connectivity index (χ1v) is 4.77. The third kappa shape index (κ3) is 2.56. The highest BCUT2D eigenvalue weighted by Gasteiger charge is 2.09. The average molecular weight is 240 g/mol. The van der Waals surface area contributed by atoms with Crippen molar-refractivity contribution in [3.63, 3.8) is 0 Å². The molecule has 0 aliphatic heterocycles. The summed E-state index contributed by atoms with van der Waals surface area (Å²) >= 11 is 0. The molecule has 5 nitrogen and oxygen atoms in total. The van der Waals surface area contributed by atoms with E-state index in [0.717, 1.165) is 11.3 Å². The van der Waals surface area contributed by atoms with Gasteiger partial charge in [-0.1, -0.05) is 0 Å². The van der Waals surface area contributed by atoms with Crippen LogP contribution in [0, 0.1) is 6.92 Å². The third-order valence-electron chi connectivity index (χ3n) is 2.08. The SMILES string of the molecule is Cc1ccnc(-c2n[nH]c(C(C)N)n2)c1.Cl. The predicted molar refractivity (Wildman–Crippen MR) is 64.2 cm³/mol. The van der Waals surface area contributed by atoms with Crippen LogP contribution in [0.3, 0.4) is 0 Å². The Labute approximate surface area is 99.9 Å². The largest absolute Gasteiger partial charge is 0.322 e. The highest BCUT2D eigenvalue weighted by atomic mass is 35.5. The van der Waals surface area contributed by atoms with Crippen molar-refractivity contribution in [1.29, 1.82) is 0 Å². The van der Waals surface area contributed by atoms with Gasteiger partial charge in [-0.15, -0.1) is 12.4 Å². The van der Waals surface area contributed by atoms with Crippen molar-refractivity contribution in [3.8, 4) is 11.5 Å². The Hall–Kier alpha value is -1.46. The number of halogens is 1. The zero-order valence-electron chi connectivity index (χ0n) is 9.14. The Morgan fingerprint density at radius 3 is 2.75 bits per heavy atom. The quantitative estimate of drug-likeness (QED) is 0.835. The first-order chi connectivity index (χ1) is 7.16. The van der Waals surface area contributed by atoms with E-state index >= 15 is 0 Å². The molecule has 0 aliphatic rings. The molecular formula is C10H14ClN5. The van der Waals surface area contributed by atoms with Crippen molar-refractivity contribution in [1.82, 2.24) is 20.2 Å². The molecule has 2 aromatic heterocycles. The number of nitrogens with two attached hydrogens (primary N) is 1. The molecule has 0 saturated heterocycles. The van der Waals surface area contributed by atoms with Gasteiger partial charge in [0.25, 0.3) is 0 Å². The standard InChI is InChI=1S/C10H13N5.ClH/c1-6-3-4-12-8(5-6)10-13-9(7(2)11)14-15-10;/h3-5,7H,11H2,1-2H3,(H,13,14,15);1H. The lowest BCUT2D eigenvalue weighted by Crippen LogP contribution is -2.06. The van der Waals surface area contributed by atoms with Crippen LogP contribution in [-0.4, -0.2) is 20.2 Å². The van der Waals surface area contributed by atoms with Crippen LogP contribution in [-0.2, 0) is 0 Å². The monoisotopic (exact) mass is 239 g/mol. The first-order valence-electron chi connectivity index (χ1n) is 4.77. The molecule has 0 saturated carbocycles. The van der Waals surface area contributed by atoms with Crippen LogP contribution in [0.5, 0.6) is 0 Å². The summed E-state index contributed by atoms with van der Waals surface area (Å²) in [5.74, 6) is 1.26. The molecule has 16 heavy (non-hydrogen) atoms. The maximum atomic E-state index is 5.68. The molecule has 3 N–H and O–H groups in total. The molecule has 0 spiro atoms. The van der Waals surface area contributed by atoms with Gasteiger partial charge in [0.15, 0.2) is 5.82 Å². The van der Waals surface area contributed by atoms with E-state index in [4.69, 9.17) is 5.73 Å². The summed E-state index contributed by atoms with van der Waals surface area (Å²) in [4.78, 5) is 8.46. The van der Waals surface area contributed by atoms with Gasteiger partial charge >= 0.3 is 0 Å². The molecular weight excluding hydrogens is 226 g/mol. The van der Waals surface area contributed by atoms with Crippen molar-refractivity contribution < 1.29 is 0 Å². The van der Waals surface area contributed by atoms with Gasteiger partial charge in [0.2, 0.25) is 0 Å². The number of nitrogens with one attached hydrogen (secondary N) is 1. The molecule has 0 fully saturated rings. The summed E-state index contributed by atoms with van der Waals surface area (Å²) in [6.07, 6.45) is 1.74. The Bertz CT molecular complexity index is 466. The van der Waals surface area contributed by atoms with Crippen LogP contribution in [0.1, 0.15) is 24.4 Å². The fourth-order valence-electron chi connectivity index (χ4n) is 1.25. The summed E-state index contributed by atoms with van der Waals surface area (Å²) in [5, 5.41) is 6.87. The zero-order valence-corrected chi connectivity index (χ0v) is 9.95. The highest BCUT2D eigenvalue weighted by molar-refractivity contribution is 5.85. The molecule has 86 valence electrons. The summed E-state index contributed by atoms with van der Waals surface area (Å²) in [7, 11) is 0. The molecule has 2 aromatic rings. The number of hydrogen-bond acceptors (Lipinski definition) is 4. The second-order valence-electron chi connectivity index (χ2n) is 3.55. The van der Waals surface area contributed by atoms with Crippen LogP contribution in [0.15, 0.2) is 18.3 Å². The summed E-state index contributed by atoms with van der Waals surface area (Å²) in [5.41, 5.74) is 7.57. The number of aryl methyl sites for hydroxylation is 1. The van der Waals surface area contributed by atoms with Gasteiger partial charge in [0, 0.05) is 6.20 Å².